The van der Waals surface area contributed by atoms with Gasteiger partial charge in [-0.2, -0.15) is 0 Å². The standard InChI is InChI=1S/C12H11BrN2O2S/c1-15-11(16)9(14-12(15)18)6-7-5-8(13)3-4-10(7)17-2/h3-6H,1-2H3,(H,14,18)/b9-6-. The van der Waals surface area contributed by atoms with Gasteiger partial charge in [0.05, 0.1) is 7.11 Å². The number of likely N-dealkylation sites (N-methyl/N-ethyl adjacent to an activating group) is 1. The lowest BCUT2D eigenvalue weighted by atomic mass is 10.1. The lowest BCUT2D eigenvalue weighted by Crippen LogP contribution is -2.25. The highest BCUT2D eigenvalue weighted by atomic mass is 79.9. The maximum atomic E-state index is 11.9. The number of carbonyl (C=O) groups excluding carboxylic acids is 1. The van der Waals surface area contributed by atoms with E-state index in [2.05, 4.69) is 21.2 Å². The molecular weight excluding hydrogens is 316 g/mol. The highest BCUT2D eigenvalue weighted by Gasteiger charge is 2.27. The summed E-state index contributed by atoms with van der Waals surface area (Å²) in [7, 11) is 3.22. The van der Waals surface area contributed by atoms with Gasteiger partial charge < -0.3 is 10.1 Å². The Morgan fingerprint density at radius 2 is 2.22 bits per heavy atom. The van der Waals surface area contributed by atoms with Crippen molar-refractivity contribution in [1.29, 1.82) is 0 Å². The molecule has 1 aromatic carbocycles. The molecule has 0 unspecified atom stereocenters. The molecule has 0 atom stereocenters. The third kappa shape index (κ3) is 2.39. The minimum atomic E-state index is -0.151. The van der Waals surface area contributed by atoms with Gasteiger partial charge in [0.15, 0.2) is 5.11 Å². The van der Waals surface area contributed by atoms with Crippen LogP contribution in [0.2, 0.25) is 0 Å². The molecule has 0 saturated carbocycles. The van der Waals surface area contributed by atoms with Gasteiger partial charge in [-0.05, 0) is 36.5 Å². The molecule has 2 rings (SSSR count). The predicted molar refractivity (Wildman–Crippen MR) is 77.2 cm³/mol. The van der Waals surface area contributed by atoms with Crippen LogP contribution in [0.4, 0.5) is 0 Å². The number of rotatable bonds is 2. The van der Waals surface area contributed by atoms with Crippen molar-refractivity contribution in [1.82, 2.24) is 10.2 Å². The number of carbonyl (C=O) groups is 1. The molecule has 0 aromatic heterocycles. The summed E-state index contributed by atoms with van der Waals surface area (Å²) >= 11 is 8.40. The molecular formula is C12H11BrN2O2S. The average Bonchev–Trinajstić information content (AvgIpc) is 2.57. The minimum Gasteiger partial charge on any atom is -0.496 e. The number of hydrogen-bond acceptors (Lipinski definition) is 3. The number of benzene rings is 1. The van der Waals surface area contributed by atoms with Crippen molar-refractivity contribution in [3.63, 3.8) is 0 Å². The largest absolute Gasteiger partial charge is 0.496 e. The van der Waals surface area contributed by atoms with Gasteiger partial charge >= 0.3 is 0 Å². The summed E-state index contributed by atoms with van der Waals surface area (Å²) in [5.74, 6) is 0.544. The van der Waals surface area contributed by atoms with E-state index in [1.54, 1.807) is 20.2 Å². The smallest absolute Gasteiger partial charge is 0.276 e. The number of amides is 1. The van der Waals surface area contributed by atoms with Gasteiger partial charge in [-0.15, -0.1) is 0 Å². The molecule has 1 saturated heterocycles. The molecule has 1 aromatic rings. The fourth-order valence-electron chi connectivity index (χ4n) is 1.60. The van der Waals surface area contributed by atoms with Gasteiger partial charge in [0, 0.05) is 17.1 Å². The minimum absolute atomic E-state index is 0.151. The Balaban J connectivity index is 2.42. The number of thiocarbonyl (C=S) groups is 1. The van der Waals surface area contributed by atoms with Crippen LogP contribution in [-0.4, -0.2) is 30.1 Å². The number of hydrogen-bond donors (Lipinski definition) is 1. The first-order chi connectivity index (χ1) is 8.52. The van der Waals surface area contributed by atoms with Gasteiger partial charge in [0.1, 0.15) is 11.4 Å². The molecule has 0 radical (unpaired) electrons. The monoisotopic (exact) mass is 326 g/mol. The van der Waals surface area contributed by atoms with Crippen molar-refractivity contribution in [2.24, 2.45) is 0 Å². The Labute approximate surface area is 119 Å². The zero-order chi connectivity index (χ0) is 13.3. The number of ether oxygens (including phenoxy) is 1. The Hall–Kier alpha value is -1.40. The summed E-state index contributed by atoms with van der Waals surface area (Å²) in [4.78, 5) is 13.3. The first-order valence-electron chi connectivity index (χ1n) is 5.17. The van der Waals surface area contributed by atoms with E-state index in [1.165, 1.54) is 4.90 Å². The second-order valence-corrected chi connectivity index (χ2v) is 5.04. The van der Waals surface area contributed by atoms with E-state index in [1.807, 2.05) is 18.2 Å². The van der Waals surface area contributed by atoms with Gasteiger partial charge in [-0.25, -0.2) is 0 Å². The van der Waals surface area contributed by atoms with Crippen LogP contribution < -0.4 is 10.1 Å². The number of nitrogens with zero attached hydrogens (tertiary/aromatic N) is 1. The quantitative estimate of drug-likeness (QED) is 0.668. The van der Waals surface area contributed by atoms with Gasteiger partial charge in [-0.1, -0.05) is 15.9 Å². The third-order valence-corrected chi connectivity index (χ3v) is 3.44. The SMILES string of the molecule is COc1ccc(Br)cc1/C=C1\NC(=S)N(C)C1=O. The van der Waals surface area contributed by atoms with Crippen molar-refractivity contribution in [3.8, 4) is 5.75 Å². The van der Waals surface area contributed by atoms with Gasteiger partial charge in [0.25, 0.3) is 5.91 Å². The molecule has 1 aliphatic heterocycles. The van der Waals surface area contributed by atoms with E-state index in [4.69, 9.17) is 17.0 Å². The Bertz CT molecular complexity index is 557. The first kappa shape index (κ1) is 13.0. The molecule has 0 spiro atoms. The maximum absolute atomic E-state index is 11.9. The van der Waals surface area contributed by atoms with E-state index >= 15 is 0 Å². The normalized spacial score (nSPS) is 17.3. The molecule has 1 amide bonds. The van der Waals surface area contributed by atoms with Crippen molar-refractivity contribution >= 4 is 45.2 Å². The fourth-order valence-corrected chi connectivity index (χ4v) is 2.17. The van der Waals surface area contributed by atoms with Crippen LogP contribution in [0.5, 0.6) is 5.75 Å². The lowest BCUT2D eigenvalue weighted by molar-refractivity contribution is -0.121. The Morgan fingerprint density at radius 1 is 1.50 bits per heavy atom. The fraction of sp³-hybridized carbons (Fsp3) is 0.167. The first-order valence-corrected chi connectivity index (χ1v) is 6.37. The second kappa shape index (κ2) is 5.07. The van der Waals surface area contributed by atoms with Gasteiger partial charge in [-0.3, -0.25) is 9.69 Å². The Kier molecular flexibility index (Phi) is 3.68. The molecule has 0 aliphatic carbocycles. The molecule has 1 fully saturated rings. The van der Waals surface area contributed by atoms with Crippen molar-refractivity contribution < 1.29 is 9.53 Å². The zero-order valence-electron chi connectivity index (χ0n) is 9.86. The van der Waals surface area contributed by atoms with Crippen LogP contribution in [-0.2, 0) is 4.79 Å². The molecule has 1 heterocycles. The molecule has 1 aliphatic rings. The van der Waals surface area contributed by atoms with Crippen molar-refractivity contribution in [2.45, 2.75) is 0 Å². The van der Waals surface area contributed by atoms with E-state index in [9.17, 15) is 4.79 Å². The summed E-state index contributed by atoms with van der Waals surface area (Å²) in [6.07, 6.45) is 1.72. The van der Waals surface area contributed by atoms with E-state index < -0.39 is 0 Å². The molecule has 4 nitrogen and oxygen atoms in total. The highest BCUT2D eigenvalue weighted by molar-refractivity contribution is 9.10. The number of halogens is 1. The molecule has 1 N–H and O–H groups in total. The van der Waals surface area contributed by atoms with Crippen LogP contribution in [0.25, 0.3) is 6.08 Å². The molecule has 94 valence electrons. The summed E-state index contributed by atoms with van der Waals surface area (Å²) < 4.78 is 6.16. The second-order valence-electron chi connectivity index (χ2n) is 3.74. The number of nitrogens with one attached hydrogen (secondary N) is 1. The third-order valence-electron chi connectivity index (χ3n) is 2.57. The summed E-state index contributed by atoms with van der Waals surface area (Å²) in [5, 5.41) is 3.27. The van der Waals surface area contributed by atoms with E-state index in [-0.39, 0.29) is 5.91 Å². The van der Waals surface area contributed by atoms with Crippen LogP contribution in [0.1, 0.15) is 5.56 Å². The topological polar surface area (TPSA) is 41.6 Å². The van der Waals surface area contributed by atoms with Crippen LogP contribution in [0.15, 0.2) is 28.4 Å². The van der Waals surface area contributed by atoms with Crippen LogP contribution in [0, 0.1) is 0 Å². The lowest BCUT2D eigenvalue weighted by Gasteiger charge is -2.06. The number of methoxy groups -OCH3 is 1. The summed E-state index contributed by atoms with van der Waals surface area (Å²) in [6.45, 7) is 0. The summed E-state index contributed by atoms with van der Waals surface area (Å²) in [6, 6.07) is 5.58. The highest BCUT2D eigenvalue weighted by Crippen LogP contribution is 2.25. The Morgan fingerprint density at radius 3 is 2.78 bits per heavy atom. The molecule has 6 heteroatoms. The van der Waals surface area contributed by atoms with Crippen molar-refractivity contribution in [2.75, 3.05) is 14.2 Å². The van der Waals surface area contributed by atoms with Crippen LogP contribution in [0.3, 0.4) is 0 Å². The van der Waals surface area contributed by atoms with Crippen molar-refractivity contribution in [3.05, 3.63) is 33.9 Å². The van der Waals surface area contributed by atoms with E-state index in [0.717, 1.165) is 10.0 Å². The summed E-state index contributed by atoms with van der Waals surface area (Å²) in [5.41, 5.74) is 1.25. The molecule has 18 heavy (non-hydrogen) atoms. The van der Waals surface area contributed by atoms with E-state index in [0.29, 0.717) is 16.6 Å². The predicted octanol–water partition coefficient (Wildman–Crippen LogP) is 2.15. The molecule has 0 bridgehead atoms. The average molecular weight is 327 g/mol. The maximum Gasteiger partial charge on any atom is 0.276 e. The van der Waals surface area contributed by atoms with Gasteiger partial charge in [0.2, 0.25) is 0 Å². The zero-order valence-corrected chi connectivity index (χ0v) is 12.3. The van der Waals surface area contributed by atoms with Crippen LogP contribution >= 0.6 is 28.1 Å².